The number of aryl methyl sites for hydroxylation is 1. The molecule has 4 N–H and O–H groups in total. The van der Waals surface area contributed by atoms with Gasteiger partial charge in [-0.15, -0.1) is 11.3 Å². The molecule has 0 spiro atoms. The average Bonchev–Trinajstić information content (AvgIpc) is 3.02. The van der Waals surface area contributed by atoms with E-state index >= 15 is 0 Å². The number of nitrogens with one attached hydrogen (secondary N) is 3. The molecule has 3 aromatic rings. The predicted octanol–water partition coefficient (Wildman–Crippen LogP) is 2.14. The summed E-state index contributed by atoms with van der Waals surface area (Å²) in [4.78, 5) is 56.9. The van der Waals surface area contributed by atoms with Gasteiger partial charge in [0.15, 0.2) is 6.61 Å². The fourth-order valence-electron chi connectivity index (χ4n) is 4.27. The van der Waals surface area contributed by atoms with E-state index in [0.29, 0.717) is 34.7 Å². The van der Waals surface area contributed by atoms with Gasteiger partial charge in [0.25, 0.3) is 17.4 Å². The molecule has 2 aliphatic rings. The first-order valence-corrected chi connectivity index (χ1v) is 11.3. The topological polar surface area (TPSA) is 150 Å². The molecule has 1 atom stereocenters. The molecule has 0 bridgehead atoms. The quantitative estimate of drug-likeness (QED) is 0.428. The molecular weight excluding hydrogens is 448 g/mol. The Morgan fingerprint density at radius 2 is 2.12 bits per heavy atom. The van der Waals surface area contributed by atoms with Gasteiger partial charge in [0.2, 0.25) is 5.82 Å². The summed E-state index contributed by atoms with van der Waals surface area (Å²) in [5.74, 6) is -2.09. The average molecular weight is 468 g/mol. The molecule has 3 heterocycles. The van der Waals surface area contributed by atoms with Crippen LogP contribution in [0.1, 0.15) is 51.8 Å². The van der Waals surface area contributed by atoms with Gasteiger partial charge >= 0.3 is 5.97 Å². The molecule has 1 aliphatic heterocycles. The molecule has 0 radical (unpaired) electrons. The highest BCUT2D eigenvalue weighted by molar-refractivity contribution is 7.18. The summed E-state index contributed by atoms with van der Waals surface area (Å²) in [5.41, 5.74) is 1.28. The van der Waals surface area contributed by atoms with Crippen molar-refractivity contribution in [2.24, 2.45) is 0 Å². The van der Waals surface area contributed by atoms with Gasteiger partial charge in [-0.2, -0.15) is 0 Å². The number of carbonyl (C=O) groups is 3. The number of carboxylic acids is 1. The monoisotopic (exact) mass is 468 g/mol. The number of thiophene rings is 1. The van der Waals surface area contributed by atoms with Crippen molar-refractivity contribution in [3.05, 3.63) is 50.4 Å². The van der Waals surface area contributed by atoms with Crippen LogP contribution in [0, 0.1) is 0 Å². The lowest BCUT2D eigenvalue weighted by atomic mass is 9.95. The van der Waals surface area contributed by atoms with Crippen LogP contribution in [0.3, 0.4) is 0 Å². The molecule has 1 unspecified atom stereocenters. The van der Waals surface area contributed by atoms with Crippen LogP contribution in [0.2, 0.25) is 0 Å². The van der Waals surface area contributed by atoms with Gasteiger partial charge in [-0.3, -0.25) is 19.2 Å². The Balaban J connectivity index is 1.40. The van der Waals surface area contributed by atoms with Crippen LogP contribution in [-0.2, 0) is 22.6 Å². The van der Waals surface area contributed by atoms with E-state index in [-0.39, 0.29) is 30.3 Å². The zero-order chi connectivity index (χ0) is 23.1. The Hall–Kier alpha value is -3.73. The molecule has 0 fully saturated rings. The molecule has 0 saturated heterocycles. The summed E-state index contributed by atoms with van der Waals surface area (Å²) < 4.78 is 5.32. The normalized spacial score (nSPS) is 17.3. The van der Waals surface area contributed by atoms with Gasteiger partial charge in [-0.1, -0.05) is 12.5 Å². The van der Waals surface area contributed by atoms with Crippen molar-refractivity contribution in [3.8, 4) is 5.75 Å². The maximum absolute atomic E-state index is 12.9. The molecule has 2 aromatic heterocycles. The summed E-state index contributed by atoms with van der Waals surface area (Å²) >= 11 is 1.28. The maximum Gasteiger partial charge on any atom is 0.311 e. The minimum Gasteiger partial charge on any atom is -0.482 e. The van der Waals surface area contributed by atoms with Crippen LogP contribution in [0.5, 0.6) is 5.75 Å². The van der Waals surface area contributed by atoms with Gasteiger partial charge in [0, 0.05) is 11.4 Å². The summed E-state index contributed by atoms with van der Waals surface area (Å²) in [6.07, 6.45) is 2.80. The molecule has 0 saturated carbocycles. The van der Waals surface area contributed by atoms with Crippen molar-refractivity contribution < 1.29 is 24.2 Å². The van der Waals surface area contributed by atoms with Crippen molar-refractivity contribution in [2.45, 2.75) is 38.1 Å². The first-order valence-electron chi connectivity index (χ1n) is 10.5. The number of nitrogens with zero attached hydrogens (tertiary/aromatic N) is 1. The van der Waals surface area contributed by atoms with E-state index < -0.39 is 23.4 Å². The third-order valence-corrected chi connectivity index (χ3v) is 6.97. The van der Waals surface area contributed by atoms with Gasteiger partial charge in [0.1, 0.15) is 10.6 Å². The first-order chi connectivity index (χ1) is 15.9. The highest BCUT2D eigenvalue weighted by atomic mass is 32.1. The zero-order valence-electron chi connectivity index (χ0n) is 17.4. The Kier molecular flexibility index (Phi) is 5.33. The lowest BCUT2D eigenvalue weighted by Gasteiger charge is -2.18. The minimum absolute atomic E-state index is 0.0377. The summed E-state index contributed by atoms with van der Waals surface area (Å²) in [6, 6.07) is 5.17. The molecule has 1 aliphatic carbocycles. The zero-order valence-corrected chi connectivity index (χ0v) is 18.2. The van der Waals surface area contributed by atoms with E-state index in [1.165, 1.54) is 11.3 Å². The SMILES string of the molecule is O=C1COc2ccc(CNC(=O)c3nc4sc5c(c4c(=O)[nH]3)C(C(=O)O)CCCC5)cc2N1. The van der Waals surface area contributed by atoms with Crippen molar-refractivity contribution in [3.63, 3.8) is 0 Å². The Bertz CT molecular complexity index is 1360. The first kappa shape index (κ1) is 21.1. The van der Waals surface area contributed by atoms with E-state index in [4.69, 9.17) is 4.74 Å². The number of hydrogen-bond acceptors (Lipinski definition) is 7. The molecule has 1 aromatic carbocycles. The van der Waals surface area contributed by atoms with Gasteiger partial charge in [-0.05, 0) is 42.5 Å². The number of carbonyl (C=O) groups excluding carboxylic acids is 2. The van der Waals surface area contributed by atoms with Crippen LogP contribution >= 0.6 is 11.3 Å². The number of H-pyrrole nitrogens is 1. The van der Waals surface area contributed by atoms with E-state index in [1.54, 1.807) is 18.2 Å². The third kappa shape index (κ3) is 3.95. The van der Waals surface area contributed by atoms with E-state index in [1.807, 2.05) is 0 Å². The van der Waals surface area contributed by atoms with Gasteiger partial charge in [0.05, 0.1) is 17.0 Å². The molecule has 170 valence electrons. The lowest BCUT2D eigenvalue weighted by Crippen LogP contribution is -2.28. The fourth-order valence-corrected chi connectivity index (χ4v) is 5.54. The second-order valence-corrected chi connectivity index (χ2v) is 9.10. The molecule has 5 rings (SSSR count). The number of carboxylic acid groups (broad SMARTS) is 1. The van der Waals surface area contributed by atoms with Crippen molar-refractivity contribution in [1.29, 1.82) is 0 Å². The highest BCUT2D eigenvalue weighted by Crippen LogP contribution is 2.39. The number of fused-ring (bicyclic) bond motifs is 4. The Labute approximate surface area is 191 Å². The number of amides is 2. The second-order valence-electron chi connectivity index (χ2n) is 8.02. The third-order valence-electron chi connectivity index (χ3n) is 5.81. The maximum atomic E-state index is 12.9. The number of aliphatic carboxylic acids is 1. The number of benzene rings is 1. The van der Waals surface area contributed by atoms with Crippen molar-refractivity contribution >= 4 is 45.0 Å². The second kappa shape index (κ2) is 8.32. The number of anilines is 1. The largest absolute Gasteiger partial charge is 0.482 e. The Morgan fingerprint density at radius 1 is 1.27 bits per heavy atom. The van der Waals surface area contributed by atoms with Crippen LogP contribution in [0.15, 0.2) is 23.0 Å². The molecule has 11 heteroatoms. The smallest absolute Gasteiger partial charge is 0.311 e. The van der Waals surface area contributed by atoms with Gasteiger partial charge < -0.3 is 25.5 Å². The number of rotatable bonds is 4. The van der Waals surface area contributed by atoms with Crippen LogP contribution in [0.25, 0.3) is 10.2 Å². The number of aromatic amines is 1. The van der Waals surface area contributed by atoms with E-state index in [0.717, 1.165) is 23.3 Å². The predicted molar refractivity (Wildman–Crippen MR) is 120 cm³/mol. The van der Waals surface area contributed by atoms with Crippen LogP contribution in [0.4, 0.5) is 5.69 Å². The lowest BCUT2D eigenvalue weighted by molar-refractivity contribution is -0.139. The fraction of sp³-hybridized carbons (Fsp3) is 0.318. The van der Waals surface area contributed by atoms with Crippen molar-refractivity contribution in [1.82, 2.24) is 15.3 Å². The summed E-state index contributed by atoms with van der Waals surface area (Å²) in [6.45, 7) is 0.107. The number of hydrogen-bond donors (Lipinski definition) is 4. The summed E-state index contributed by atoms with van der Waals surface area (Å²) in [5, 5.41) is 15.4. The minimum atomic E-state index is -0.953. The summed E-state index contributed by atoms with van der Waals surface area (Å²) in [7, 11) is 0. The Morgan fingerprint density at radius 3 is 2.94 bits per heavy atom. The molecule has 10 nitrogen and oxygen atoms in total. The number of ether oxygens (including phenoxy) is 1. The molecular formula is C22H20N4O6S. The van der Waals surface area contributed by atoms with Crippen molar-refractivity contribution in [2.75, 3.05) is 11.9 Å². The van der Waals surface area contributed by atoms with E-state index in [2.05, 4.69) is 20.6 Å². The standard InChI is InChI=1S/C22H20N4O6S/c27-15-9-32-13-6-5-10(7-12(13)24-15)8-23-20(29)18-25-19(28)17-16-11(22(30)31)3-1-2-4-14(16)33-21(17)26-18/h5-7,11H,1-4,8-9H2,(H,23,29)(H,24,27)(H,30,31)(H,25,26,28). The number of aromatic nitrogens is 2. The van der Waals surface area contributed by atoms with Crippen LogP contribution in [-0.4, -0.2) is 39.5 Å². The van der Waals surface area contributed by atoms with Gasteiger partial charge in [-0.25, -0.2) is 4.98 Å². The molecule has 33 heavy (non-hydrogen) atoms. The van der Waals surface area contributed by atoms with Crippen LogP contribution < -0.4 is 20.9 Å². The highest BCUT2D eigenvalue weighted by Gasteiger charge is 2.31. The van der Waals surface area contributed by atoms with E-state index in [9.17, 15) is 24.3 Å². The molecule has 2 amide bonds.